The van der Waals surface area contributed by atoms with E-state index in [9.17, 15) is 0 Å². The summed E-state index contributed by atoms with van der Waals surface area (Å²) in [6.45, 7) is 4.56. The van der Waals surface area contributed by atoms with E-state index in [0.717, 1.165) is 17.5 Å². The van der Waals surface area contributed by atoms with Gasteiger partial charge >= 0.3 is 0 Å². The van der Waals surface area contributed by atoms with E-state index in [-0.39, 0.29) is 0 Å². The number of amidine groups is 1. The van der Waals surface area contributed by atoms with Gasteiger partial charge in [-0.2, -0.15) is 0 Å². The van der Waals surface area contributed by atoms with Crippen LogP contribution >= 0.6 is 11.8 Å². The van der Waals surface area contributed by atoms with E-state index < -0.39 is 0 Å². The molecule has 0 unspecified atom stereocenters. The van der Waals surface area contributed by atoms with E-state index >= 15 is 0 Å². The Labute approximate surface area is 113 Å². The minimum absolute atomic E-state index is 0.815. The van der Waals surface area contributed by atoms with Crippen molar-refractivity contribution in [2.24, 2.45) is 4.99 Å². The SMILES string of the molecule is c1ccc2c(c1)CN=C(SCCN1CCCC1)N2. The molecule has 0 aliphatic carbocycles. The Hall–Kier alpha value is -1.00. The van der Waals surface area contributed by atoms with Crippen molar-refractivity contribution < 1.29 is 0 Å². The molecule has 0 spiro atoms. The molecule has 0 aromatic heterocycles. The van der Waals surface area contributed by atoms with E-state index in [0.29, 0.717) is 0 Å². The number of likely N-dealkylation sites (tertiary alicyclic amines) is 1. The molecule has 1 aromatic rings. The molecule has 2 heterocycles. The van der Waals surface area contributed by atoms with Gasteiger partial charge in [0.2, 0.25) is 0 Å². The van der Waals surface area contributed by atoms with Crippen LogP contribution in [-0.4, -0.2) is 35.5 Å². The van der Waals surface area contributed by atoms with Crippen molar-refractivity contribution in [2.45, 2.75) is 19.4 Å². The second-order valence-corrected chi connectivity index (χ2v) is 5.88. The zero-order valence-corrected chi connectivity index (χ0v) is 11.4. The number of anilines is 1. The van der Waals surface area contributed by atoms with Crippen LogP contribution in [0, 0.1) is 0 Å². The third-order valence-electron chi connectivity index (χ3n) is 3.50. The third-order valence-corrected chi connectivity index (χ3v) is 4.39. The number of rotatable bonds is 3. The van der Waals surface area contributed by atoms with Gasteiger partial charge in [0, 0.05) is 18.0 Å². The molecule has 1 aromatic carbocycles. The van der Waals surface area contributed by atoms with Crippen LogP contribution in [0.5, 0.6) is 0 Å². The predicted octanol–water partition coefficient (Wildman–Crippen LogP) is 2.80. The molecule has 3 nitrogen and oxygen atoms in total. The second kappa shape index (κ2) is 5.76. The molecule has 2 aliphatic rings. The van der Waals surface area contributed by atoms with Crippen molar-refractivity contribution in [3.63, 3.8) is 0 Å². The van der Waals surface area contributed by atoms with Crippen molar-refractivity contribution >= 4 is 22.6 Å². The van der Waals surface area contributed by atoms with Gasteiger partial charge in [0.1, 0.15) is 0 Å². The molecule has 0 atom stereocenters. The van der Waals surface area contributed by atoms with Gasteiger partial charge in [0.25, 0.3) is 0 Å². The van der Waals surface area contributed by atoms with Crippen molar-refractivity contribution in [2.75, 3.05) is 30.7 Å². The van der Waals surface area contributed by atoms with Crippen LogP contribution < -0.4 is 5.32 Å². The van der Waals surface area contributed by atoms with E-state index in [4.69, 9.17) is 0 Å². The van der Waals surface area contributed by atoms with Crippen LogP contribution in [0.4, 0.5) is 5.69 Å². The Morgan fingerprint density at radius 2 is 2.06 bits per heavy atom. The number of nitrogens with one attached hydrogen (secondary N) is 1. The molecule has 4 heteroatoms. The number of aliphatic imine (C=N–C) groups is 1. The zero-order chi connectivity index (χ0) is 12.2. The lowest BCUT2D eigenvalue weighted by Crippen LogP contribution is -2.23. The maximum absolute atomic E-state index is 4.58. The average molecular weight is 261 g/mol. The van der Waals surface area contributed by atoms with Crippen molar-refractivity contribution in [1.29, 1.82) is 0 Å². The van der Waals surface area contributed by atoms with Crippen LogP contribution in [0.2, 0.25) is 0 Å². The Morgan fingerprint density at radius 1 is 1.22 bits per heavy atom. The molecule has 18 heavy (non-hydrogen) atoms. The highest BCUT2D eigenvalue weighted by molar-refractivity contribution is 8.14. The number of hydrogen-bond acceptors (Lipinski definition) is 4. The highest BCUT2D eigenvalue weighted by Gasteiger charge is 2.13. The van der Waals surface area contributed by atoms with Gasteiger partial charge in [-0.25, -0.2) is 0 Å². The summed E-state index contributed by atoms with van der Waals surface area (Å²) in [5.74, 6) is 1.13. The molecule has 0 saturated carbocycles. The molecule has 0 amide bonds. The fourth-order valence-electron chi connectivity index (χ4n) is 2.45. The Kier molecular flexibility index (Phi) is 3.86. The maximum Gasteiger partial charge on any atom is 0.161 e. The largest absolute Gasteiger partial charge is 0.335 e. The Bertz CT molecular complexity index is 438. The van der Waals surface area contributed by atoms with Gasteiger partial charge in [-0.15, -0.1) is 0 Å². The summed E-state index contributed by atoms with van der Waals surface area (Å²) in [4.78, 5) is 7.13. The lowest BCUT2D eigenvalue weighted by molar-refractivity contribution is 0.362. The van der Waals surface area contributed by atoms with Gasteiger partial charge in [0.15, 0.2) is 5.17 Å². The van der Waals surface area contributed by atoms with Gasteiger partial charge in [0.05, 0.1) is 6.54 Å². The zero-order valence-electron chi connectivity index (χ0n) is 10.6. The smallest absolute Gasteiger partial charge is 0.161 e. The van der Waals surface area contributed by atoms with Crippen molar-refractivity contribution in [3.05, 3.63) is 29.8 Å². The molecule has 1 N–H and O–H groups in total. The number of nitrogens with zero attached hydrogens (tertiary/aromatic N) is 2. The van der Waals surface area contributed by atoms with Gasteiger partial charge in [-0.3, -0.25) is 4.99 Å². The monoisotopic (exact) mass is 261 g/mol. The summed E-state index contributed by atoms with van der Waals surface area (Å²) < 4.78 is 0. The highest BCUT2D eigenvalue weighted by atomic mass is 32.2. The molecule has 0 bridgehead atoms. The summed E-state index contributed by atoms with van der Waals surface area (Å²) >= 11 is 1.85. The normalized spacial score (nSPS) is 19.2. The molecular formula is C14H19N3S. The first-order valence-corrected chi connectivity index (χ1v) is 7.65. The standard InChI is InChI=1S/C14H19N3S/c1-2-6-13-12(5-1)11-15-14(16-13)18-10-9-17-7-3-4-8-17/h1-2,5-6H,3-4,7-11H2,(H,15,16). The molecule has 96 valence electrons. The molecule has 1 fully saturated rings. The topological polar surface area (TPSA) is 27.6 Å². The van der Waals surface area contributed by atoms with Crippen LogP contribution in [0.1, 0.15) is 18.4 Å². The number of benzene rings is 1. The fraction of sp³-hybridized carbons (Fsp3) is 0.500. The number of hydrogen-bond donors (Lipinski definition) is 1. The van der Waals surface area contributed by atoms with Crippen LogP contribution in [0.3, 0.4) is 0 Å². The van der Waals surface area contributed by atoms with Gasteiger partial charge in [-0.1, -0.05) is 30.0 Å². The van der Waals surface area contributed by atoms with Crippen LogP contribution in [0.25, 0.3) is 0 Å². The molecule has 1 saturated heterocycles. The van der Waals surface area contributed by atoms with E-state index in [2.05, 4.69) is 39.5 Å². The summed E-state index contributed by atoms with van der Waals surface area (Å²) in [7, 11) is 0. The average Bonchev–Trinajstić information content (AvgIpc) is 2.92. The van der Waals surface area contributed by atoms with Crippen LogP contribution in [0.15, 0.2) is 29.3 Å². The minimum atomic E-state index is 0.815. The summed E-state index contributed by atoms with van der Waals surface area (Å²) in [5, 5.41) is 4.49. The summed E-state index contributed by atoms with van der Waals surface area (Å²) in [6, 6.07) is 8.41. The predicted molar refractivity (Wildman–Crippen MR) is 79.3 cm³/mol. The minimum Gasteiger partial charge on any atom is -0.335 e. The van der Waals surface area contributed by atoms with Crippen molar-refractivity contribution in [1.82, 2.24) is 4.90 Å². The fourth-order valence-corrected chi connectivity index (χ4v) is 3.33. The van der Waals surface area contributed by atoms with E-state index in [1.165, 1.54) is 43.7 Å². The lowest BCUT2D eigenvalue weighted by Gasteiger charge is -2.19. The maximum atomic E-state index is 4.58. The number of thioether (sulfide) groups is 1. The highest BCUT2D eigenvalue weighted by Crippen LogP contribution is 2.23. The first-order valence-electron chi connectivity index (χ1n) is 6.66. The molecule has 0 radical (unpaired) electrons. The summed E-state index contributed by atoms with van der Waals surface area (Å²) in [5.41, 5.74) is 2.51. The molecule has 3 rings (SSSR count). The number of fused-ring (bicyclic) bond motifs is 1. The Balaban J connectivity index is 1.48. The van der Waals surface area contributed by atoms with Crippen LogP contribution in [-0.2, 0) is 6.54 Å². The van der Waals surface area contributed by atoms with Crippen molar-refractivity contribution in [3.8, 4) is 0 Å². The first-order chi connectivity index (χ1) is 8.92. The quantitative estimate of drug-likeness (QED) is 0.906. The number of para-hydroxylation sites is 1. The molecule has 2 aliphatic heterocycles. The second-order valence-electron chi connectivity index (χ2n) is 4.80. The van der Waals surface area contributed by atoms with Gasteiger partial charge in [-0.05, 0) is 37.6 Å². The molecular weight excluding hydrogens is 242 g/mol. The third kappa shape index (κ3) is 2.87. The Morgan fingerprint density at radius 3 is 2.94 bits per heavy atom. The van der Waals surface area contributed by atoms with Gasteiger partial charge < -0.3 is 10.2 Å². The lowest BCUT2D eigenvalue weighted by atomic mass is 10.1. The summed E-state index contributed by atoms with van der Waals surface area (Å²) in [6.07, 6.45) is 2.74. The van der Waals surface area contributed by atoms with E-state index in [1.54, 1.807) is 0 Å². The first kappa shape index (κ1) is 12.1. The van der Waals surface area contributed by atoms with E-state index in [1.807, 2.05) is 11.8 Å².